The summed E-state index contributed by atoms with van der Waals surface area (Å²) in [6.07, 6.45) is 1.67. The van der Waals surface area contributed by atoms with E-state index in [1.54, 1.807) is 18.3 Å². The van der Waals surface area contributed by atoms with Crippen LogP contribution in [0.5, 0.6) is 0 Å². The number of thiazole rings is 1. The molecule has 116 valence electrons. The lowest BCUT2D eigenvalue weighted by Gasteiger charge is -2.12. The Labute approximate surface area is 142 Å². The zero-order valence-corrected chi connectivity index (χ0v) is 13.2. The van der Waals surface area contributed by atoms with Crippen molar-refractivity contribution in [2.45, 2.75) is 0 Å². The van der Waals surface area contributed by atoms with E-state index in [1.807, 2.05) is 42.5 Å². The number of nitrogens with zero attached hydrogens (tertiary/aromatic N) is 2. The monoisotopic (exact) mass is 331 g/mol. The zero-order valence-electron chi connectivity index (χ0n) is 12.4. The summed E-state index contributed by atoms with van der Waals surface area (Å²) in [5, 5.41) is 10.2. The Balaban J connectivity index is 1.91. The fourth-order valence-electron chi connectivity index (χ4n) is 2.46. The SMILES string of the molecule is O=C(O)c1cc(-c2ccccn2)[c-]c(-c2nc3ccccc3s2)c1. The largest absolute Gasteiger partial charge is 0.479 e. The number of benzene rings is 2. The predicted octanol–water partition coefficient (Wildman–Crippen LogP) is 4.52. The second-order valence-electron chi connectivity index (χ2n) is 5.20. The third kappa shape index (κ3) is 2.66. The minimum Gasteiger partial charge on any atom is -0.479 e. The molecule has 4 aromatic rings. The van der Waals surface area contributed by atoms with Crippen LogP contribution in [0, 0.1) is 6.07 Å². The fraction of sp³-hybridized carbons (Fsp3) is 0. The Hall–Kier alpha value is -3.05. The summed E-state index contributed by atoms with van der Waals surface area (Å²) in [4.78, 5) is 20.4. The topological polar surface area (TPSA) is 63.1 Å². The van der Waals surface area contributed by atoms with Crippen LogP contribution in [0.2, 0.25) is 0 Å². The molecule has 24 heavy (non-hydrogen) atoms. The van der Waals surface area contributed by atoms with Crippen molar-refractivity contribution in [2.75, 3.05) is 0 Å². The van der Waals surface area contributed by atoms with Crippen LogP contribution in [0.15, 0.2) is 60.8 Å². The lowest BCUT2D eigenvalue weighted by atomic mass is 10.0. The molecule has 0 saturated carbocycles. The van der Waals surface area contributed by atoms with Gasteiger partial charge in [0, 0.05) is 16.6 Å². The molecule has 4 nitrogen and oxygen atoms in total. The molecule has 0 saturated heterocycles. The van der Waals surface area contributed by atoms with E-state index in [-0.39, 0.29) is 5.56 Å². The maximum Gasteiger partial charge on any atom is 0.320 e. The molecular formula is C19H11N2O2S-. The Morgan fingerprint density at radius 3 is 2.58 bits per heavy atom. The summed E-state index contributed by atoms with van der Waals surface area (Å²) in [5.41, 5.74) is 3.08. The van der Waals surface area contributed by atoms with E-state index in [2.05, 4.69) is 16.0 Å². The van der Waals surface area contributed by atoms with Crippen LogP contribution in [0.4, 0.5) is 0 Å². The maximum atomic E-state index is 11.5. The number of pyridine rings is 1. The van der Waals surface area contributed by atoms with Crippen LogP contribution < -0.4 is 0 Å². The van der Waals surface area contributed by atoms with E-state index in [9.17, 15) is 9.90 Å². The first-order chi connectivity index (χ1) is 11.7. The standard InChI is InChI=1S/C19H11N2O2S/c22-19(23)14-10-12(15-5-3-4-8-20-15)9-13(11-14)18-21-16-6-1-2-7-17(16)24-18/h1-8,10-11H,(H,22,23)/q-1. The Bertz CT molecular complexity index is 1010. The first kappa shape index (κ1) is 14.5. The van der Waals surface area contributed by atoms with Crippen molar-refractivity contribution in [2.24, 2.45) is 0 Å². The number of rotatable bonds is 3. The van der Waals surface area contributed by atoms with Gasteiger partial charge in [-0.2, -0.15) is 11.3 Å². The highest BCUT2D eigenvalue weighted by Gasteiger charge is 2.07. The number of carbonyl (C=O) groups is 1. The quantitative estimate of drug-likeness (QED) is 0.561. The van der Waals surface area contributed by atoms with E-state index in [1.165, 1.54) is 11.3 Å². The average molecular weight is 331 g/mol. The Morgan fingerprint density at radius 2 is 1.83 bits per heavy atom. The molecule has 0 fully saturated rings. The van der Waals surface area contributed by atoms with Crippen molar-refractivity contribution in [1.82, 2.24) is 9.97 Å². The van der Waals surface area contributed by atoms with Gasteiger partial charge in [0.15, 0.2) is 0 Å². The van der Waals surface area contributed by atoms with E-state index >= 15 is 0 Å². The third-order valence-corrected chi connectivity index (χ3v) is 4.65. The summed E-state index contributed by atoms with van der Waals surface area (Å²) in [7, 11) is 0. The van der Waals surface area contributed by atoms with E-state index in [0.717, 1.165) is 15.2 Å². The molecule has 1 N–H and O–H groups in total. The normalized spacial score (nSPS) is 10.8. The smallest absolute Gasteiger partial charge is 0.320 e. The molecule has 0 unspecified atom stereocenters. The van der Waals surface area contributed by atoms with Crippen molar-refractivity contribution in [3.05, 3.63) is 72.4 Å². The van der Waals surface area contributed by atoms with Gasteiger partial charge < -0.3 is 5.11 Å². The summed E-state index contributed by atoms with van der Waals surface area (Å²) >= 11 is 1.52. The summed E-state index contributed by atoms with van der Waals surface area (Å²) < 4.78 is 1.06. The number of aromatic nitrogens is 2. The van der Waals surface area contributed by atoms with Crippen molar-refractivity contribution >= 4 is 27.5 Å². The first-order valence-corrected chi connectivity index (χ1v) is 8.10. The van der Waals surface area contributed by atoms with Gasteiger partial charge in [-0.1, -0.05) is 35.4 Å². The van der Waals surface area contributed by atoms with Crippen molar-refractivity contribution in [1.29, 1.82) is 0 Å². The molecule has 0 aliphatic carbocycles. The highest BCUT2D eigenvalue weighted by Crippen LogP contribution is 2.32. The van der Waals surface area contributed by atoms with Gasteiger partial charge in [-0.05, 0) is 23.8 Å². The van der Waals surface area contributed by atoms with Gasteiger partial charge >= 0.3 is 5.97 Å². The number of aromatic carboxylic acids is 1. The van der Waals surface area contributed by atoms with E-state index in [4.69, 9.17) is 0 Å². The lowest BCUT2D eigenvalue weighted by molar-refractivity contribution is 0.0697. The molecule has 0 atom stereocenters. The number of para-hydroxylation sites is 1. The molecule has 2 aromatic heterocycles. The molecule has 0 spiro atoms. The molecule has 2 heterocycles. The Morgan fingerprint density at radius 1 is 1.04 bits per heavy atom. The van der Waals surface area contributed by atoms with Gasteiger partial charge in [0.2, 0.25) is 0 Å². The van der Waals surface area contributed by atoms with Crippen LogP contribution >= 0.6 is 11.3 Å². The molecule has 0 radical (unpaired) electrons. The van der Waals surface area contributed by atoms with Crippen LogP contribution in [0.3, 0.4) is 0 Å². The summed E-state index contributed by atoms with van der Waals surface area (Å²) in [5.74, 6) is -0.983. The number of hydrogen-bond acceptors (Lipinski definition) is 4. The molecule has 0 aliphatic rings. The number of carboxylic acid groups (broad SMARTS) is 1. The minimum absolute atomic E-state index is 0.198. The van der Waals surface area contributed by atoms with Gasteiger partial charge in [-0.25, -0.2) is 4.79 Å². The first-order valence-electron chi connectivity index (χ1n) is 7.29. The van der Waals surface area contributed by atoms with Crippen LogP contribution in [0.25, 0.3) is 32.0 Å². The predicted molar refractivity (Wildman–Crippen MR) is 94.1 cm³/mol. The number of fused-ring (bicyclic) bond motifs is 1. The molecule has 2 aromatic carbocycles. The highest BCUT2D eigenvalue weighted by molar-refractivity contribution is 7.21. The molecular weight excluding hydrogens is 320 g/mol. The van der Waals surface area contributed by atoms with Crippen molar-refractivity contribution in [3.63, 3.8) is 0 Å². The van der Waals surface area contributed by atoms with Crippen molar-refractivity contribution in [3.8, 4) is 21.8 Å². The lowest BCUT2D eigenvalue weighted by Crippen LogP contribution is -1.98. The highest BCUT2D eigenvalue weighted by atomic mass is 32.1. The molecule has 5 heteroatoms. The van der Waals surface area contributed by atoms with Crippen LogP contribution in [0.1, 0.15) is 10.4 Å². The van der Waals surface area contributed by atoms with E-state index < -0.39 is 5.97 Å². The second-order valence-corrected chi connectivity index (χ2v) is 6.23. The van der Waals surface area contributed by atoms with Gasteiger partial charge in [0.25, 0.3) is 0 Å². The van der Waals surface area contributed by atoms with Gasteiger partial charge in [0.1, 0.15) is 0 Å². The minimum atomic E-state index is -0.983. The molecule has 4 rings (SSSR count). The molecule has 0 amide bonds. The van der Waals surface area contributed by atoms with E-state index in [0.29, 0.717) is 16.8 Å². The molecule has 0 bridgehead atoms. The zero-order chi connectivity index (χ0) is 16.5. The molecule has 0 aliphatic heterocycles. The second kappa shape index (κ2) is 5.86. The third-order valence-electron chi connectivity index (χ3n) is 3.58. The van der Waals surface area contributed by atoms with Gasteiger partial charge in [-0.3, -0.25) is 9.97 Å². The van der Waals surface area contributed by atoms with Crippen molar-refractivity contribution < 1.29 is 9.90 Å². The maximum absolute atomic E-state index is 11.5. The number of hydrogen-bond donors (Lipinski definition) is 1. The Kier molecular flexibility index (Phi) is 3.55. The summed E-state index contributed by atoms with van der Waals surface area (Å²) in [6, 6.07) is 19.8. The van der Waals surface area contributed by atoms with Gasteiger partial charge in [-0.15, -0.1) is 18.2 Å². The van der Waals surface area contributed by atoms with Gasteiger partial charge in [0.05, 0.1) is 10.5 Å². The van der Waals surface area contributed by atoms with Crippen LogP contribution in [-0.4, -0.2) is 21.0 Å². The average Bonchev–Trinajstić information content (AvgIpc) is 3.06. The number of carboxylic acids is 1. The summed E-state index contributed by atoms with van der Waals surface area (Å²) in [6.45, 7) is 0. The van der Waals surface area contributed by atoms with Crippen LogP contribution in [-0.2, 0) is 0 Å². The fourth-order valence-corrected chi connectivity index (χ4v) is 3.39.